The number of nitrogens with zero attached hydrogens (tertiary/aromatic N) is 2. The normalized spacial score (nSPS) is 16.2. The molecule has 0 spiro atoms. The van der Waals surface area contributed by atoms with Crippen LogP contribution < -0.4 is 20.3 Å². The van der Waals surface area contributed by atoms with E-state index in [0.717, 1.165) is 11.2 Å². The molecule has 0 aliphatic carbocycles. The minimum Gasteiger partial charge on any atom is -0.497 e. The summed E-state index contributed by atoms with van der Waals surface area (Å²) in [5, 5.41) is 6.96. The number of anilines is 1. The predicted molar refractivity (Wildman–Crippen MR) is 112 cm³/mol. The standard InChI is InChI=1S/C22H24N4O3/c1-29-19-7-4-6-18(14-19)26-15-17(13-21(26)27)24-22(28)23-10-12-25-11-9-16-5-2-3-8-20(16)25/h2-9,11,14,17H,10,12-13,15H2,1H3,(H2,23,24,28)/t17-/m1/s1. The third kappa shape index (κ3) is 4.18. The first-order valence-corrected chi connectivity index (χ1v) is 9.67. The van der Waals surface area contributed by atoms with Crippen molar-refractivity contribution in [2.45, 2.75) is 19.0 Å². The number of carbonyl (C=O) groups excluding carboxylic acids is 2. The summed E-state index contributed by atoms with van der Waals surface area (Å²) in [6.45, 7) is 1.63. The predicted octanol–water partition coefficient (Wildman–Crippen LogP) is 2.75. The Morgan fingerprint density at radius 2 is 2.03 bits per heavy atom. The Bertz CT molecular complexity index is 1030. The van der Waals surface area contributed by atoms with E-state index in [1.54, 1.807) is 12.0 Å². The lowest BCUT2D eigenvalue weighted by Gasteiger charge is -2.18. The second kappa shape index (κ2) is 8.26. The number of urea groups is 1. The maximum atomic E-state index is 12.4. The molecule has 0 saturated carbocycles. The molecule has 1 fully saturated rings. The summed E-state index contributed by atoms with van der Waals surface area (Å²) in [5.74, 6) is 0.685. The molecule has 1 aromatic heterocycles. The van der Waals surface area contributed by atoms with Crippen molar-refractivity contribution >= 4 is 28.5 Å². The average Bonchev–Trinajstić information content (AvgIpc) is 3.31. The molecule has 0 unspecified atom stereocenters. The van der Waals surface area contributed by atoms with Gasteiger partial charge in [0.1, 0.15) is 5.75 Å². The van der Waals surface area contributed by atoms with Crippen LogP contribution in [0.4, 0.5) is 10.5 Å². The molecule has 7 heteroatoms. The lowest BCUT2D eigenvalue weighted by molar-refractivity contribution is -0.117. The van der Waals surface area contributed by atoms with E-state index in [-0.39, 0.29) is 24.4 Å². The van der Waals surface area contributed by atoms with Crippen molar-refractivity contribution in [1.29, 1.82) is 0 Å². The quantitative estimate of drug-likeness (QED) is 0.677. The molecule has 1 atom stereocenters. The Morgan fingerprint density at radius 3 is 2.90 bits per heavy atom. The van der Waals surface area contributed by atoms with Crippen molar-refractivity contribution in [3.8, 4) is 5.75 Å². The fourth-order valence-electron chi connectivity index (χ4n) is 3.69. The van der Waals surface area contributed by atoms with Gasteiger partial charge in [-0.2, -0.15) is 0 Å². The fourth-order valence-corrected chi connectivity index (χ4v) is 3.69. The first-order chi connectivity index (χ1) is 14.1. The third-order valence-electron chi connectivity index (χ3n) is 5.14. The van der Waals surface area contributed by atoms with E-state index in [9.17, 15) is 9.59 Å². The van der Waals surface area contributed by atoms with Crippen molar-refractivity contribution in [3.63, 3.8) is 0 Å². The van der Waals surface area contributed by atoms with Gasteiger partial charge in [-0.05, 0) is 29.7 Å². The summed E-state index contributed by atoms with van der Waals surface area (Å²) in [4.78, 5) is 26.3. The molecule has 4 rings (SSSR count). The van der Waals surface area contributed by atoms with Gasteiger partial charge in [-0.25, -0.2) is 4.79 Å². The number of aromatic nitrogens is 1. The number of para-hydroxylation sites is 1. The SMILES string of the molecule is COc1cccc(N2C[C@H](NC(=O)NCCn3ccc4ccccc43)CC2=O)c1. The highest BCUT2D eigenvalue weighted by molar-refractivity contribution is 5.97. The van der Waals surface area contributed by atoms with Crippen molar-refractivity contribution in [2.24, 2.45) is 0 Å². The van der Waals surface area contributed by atoms with Crippen LogP contribution in [0.5, 0.6) is 5.75 Å². The average molecular weight is 392 g/mol. The number of benzene rings is 2. The molecule has 150 valence electrons. The highest BCUT2D eigenvalue weighted by atomic mass is 16.5. The van der Waals surface area contributed by atoms with E-state index in [4.69, 9.17) is 4.74 Å². The van der Waals surface area contributed by atoms with Crippen molar-refractivity contribution in [3.05, 3.63) is 60.8 Å². The van der Waals surface area contributed by atoms with E-state index < -0.39 is 0 Å². The topological polar surface area (TPSA) is 75.6 Å². The molecule has 0 bridgehead atoms. The third-order valence-corrected chi connectivity index (χ3v) is 5.14. The van der Waals surface area contributed by atoms with E-state index in [1.165, 1.54) is 5.39 Å². The molecule has 3 aromatic rings. The number of hydrogen-bond acceptors (Lipinski definition) is 3. The molecular weight excluding hydrogens is 368 g/mol. The second-order valence-electron chi connectivity index (χ2n) is 7.08. The van der Waals surface area contributed by atoms with Gasteiger partial charge in [0.25, 0.3) is 0 Å². The molecule has 1 saturated heterocycles. The van der Waals surface area contributed by atoms with Gasteiger partial charge in [-0.1, -0.05) is 24.3 Å². The number of ether oxygens (including phenoxy) is 1. The summed E-state index contributed by atoms with van der Waals surface area (Å²) in [7, 11) is 1.59. The van der Waals surface area contributed by atoms with E-state index in [2.05, 4.69) is 33.4 Å². The molecule has 0 radical (unpaired) electrons. The summed E-state index contributed by atoms with van der Waals surface area (Å²) in [6, 6.07) is 17.1. The number of nitrogens with one attached hydrogen (secondary N) is 2. The van der Waals surface area contributed by atoms with Crippen molar-refractivity contribution in [2.75, 3.05) is 25.1 Å². The molecule has 2 heterocycles. The second-order valence-corrected chi connectivity index (χ2v) is 7.08. The van der Waals surface area contributed by atoms with Crippen LogP contribution in [0.2, 0.25) is 0 Å². The van der Waals surface area contributed by atoms with Crippen LogP contribution in [0.15, 0.2) is 60.8 Å². The van der Waals surface area contributed by atoms with Crippen LogP contribution >= 0.6 is 0 Å². The number of hydrogen-bond donors (Lipinski definition) is 2. The Labute approximate surface area is 169 Å². The summed E-state index contributed by atoms with van der Waals surface area (Å²) < 4.78 is 7.33. The summed E-state index contributed by atoms with van der Waals surface area (Å²) in [5.41, 5.74) is 1.92. The van der Waals surface area contributed by atoms with Gasteiger partial charge in [0.15, 0.2) is 0 Å². The lowest BCUT2D eigenvalue weighted by atomic mass is 10.2. The van der Waals surface area contributed by atoms with Crippen LogP contribution in [-0.2, 0) is 11.3 Å². The number of fused-ring (bicyclic) bond motifs is 1. The smallest absolute Gasteiger partial charge is 0.315 e. The van der Waals surface area contributed by atoms with Gasteiger partial charge < -0.3 is 24.8 Å². The number of carbonyl (C=O) groups is 2. The molecular formula is C22H24N4O3. The van der Waals surface area contributed by atoms with Crippen LogP contribution in [0.1, 0.15) is 6.42 Å². The van der Waals surface area contributed by atoms with Gasteiger partial charge in [0, 0.05) is 49.5 Å². The van der Waals surface area contributed by atoms with Crippen LogP contribution in [0.3, 0.4) is 0 Å². The molecule has 1 aliphatic rings. The maximum Gasteiger partial charge on any atom is 0.315 e. The summed E-state index contributed by atoms with van der Waals surface area (Å²) in [6.07, 6.45) is 2.30. The van der Waals surface area contributed by atoms with Crippen LogP contribution in [0, 0.1) is 0 Å². The zero-order valence-electron chi connectivity index (χ0n) is 16.3. The Kier molecular flexibility index (Phi) is 5.37. The molecule has 29 heavy (non-hydrogen) atoms. The van der Waals surface area contributed by atoms with Crippen LogP contribution in [0.25, 0.3) is 10.9 Å². The zero-order chi connectivity index (χ0) is 20.2. The lowest BCUT2D eigenvalue weighted by Crippen LogP contribution is -2.44. The molecule has 2 aromatic carbocycles. The first kappa shape index (κ1) is 18.9. The van der Waals surface area contributed by atoms with Gasteiger partial charge in [-0.3, -0.25) is 4.79 Å². The molecule has 3 amide bonds. The van der Waals surface area contributed by atoms with Gasteiger partial charge >= 0.3 is 6.03 Å². The minimum absolute atomic E-state index is 0.0117. The van der Waals surface area contributed by atoms with Gasteiger partial charge in [0.2, 0.25) is 5.91 Å². The number of methoxy groups -OCH3 is 1. The Hall–Kier alpha value is -3.48. The van der Waals surface area contributed by atoms with E-state index in [0.29, 0.717) is 25.4 Å². The first-order valence-electron chi connectivity index (χ1n) is 9.67. The largest absolute Gasteiger partial charge is 0.497 e. The van der Waals surface area contributed by atoms with Crippen molar-refractivity contribution in [1.82, 2.24) is 15.2 Å². The molecule has 7 nitrogen and oxygen atoms in total. The minimum atomic E-state index is -0.258. The van der Waals surface area contributed by atoms with Crippen molar-refractivity contribution < 1.29 is 14.3 Å². The highest BCUT2D eigenvalue weighted by Gasteiger charge is 2.31. The van der Waals surface area contributed by atoms with Gasteiger partial charge in [-0.15, -0.1) is 0 Å². The Balaban J connectivity index is 1.28. The Morgan fingerprint density at radius 1 is 1.17 bits per heavy atom. The number of rotatable bonds is 6. The monoisotopic (exact) mass is 392 g/mol. The summed E-state index contributed by atoms with van der Waals surface area (Å²) >= 11 is 0. The fraction of sp³-hybridized carbons (Fsp3) is 0.273. The highest BCUT2D eigenvalue weighted by Crippen LogP contribution is 2.25. The van der Waals surface area contributed by atoms with E-state index in [1.807, 2.05) is 42.6 Å². The zero-order valence-corrected chi connectivity index (χ0v) is 16.3. The maximum absolute atomic E-state index is 12.4. The number of amides is 3. The van der Waals surface area contributed by atoms with Crippen LogP contribution in [-0.4, -0.2) is 42.7 Å². The molecule has 1 aliphatic heterocycles. The molecule has 2 N–H and O–H groups in total. The van der Waals surface area contributed by atoms with E-state index >= 15 is 0 Å². The van der Waals surface area contributed by atoms with Gasteiger partial charge in [0.05, 0.1) is 13.2 Å².